The van der Waals surface area contributed by atoms with Crippen LogP contribution in [-0.4, -0.2) is 70.2 Å². The van der Waals surface area contributed by atoms with Crippen LogP contribution in [-0.2, 0) is 20.9 Å². The normalized spacial score (nSPS) is 21.4. The van der Waals surface area contributed by atoms with Crippen molar-refractivity contribution in [3.8, 4) is 11.1 Å². The fraction of sp³-hybridized carbons (Fsp3) is 0.382. The number of likely N-dealkylation sites (tertiary alicyclic amines) is 2. The van der Waals surface area contributed by atoms with Crippen molar-refractivity contribution in [2.75, 3.05) is 26.2 Å². The molecule has 218 valence electrons. The smallest absolute Gasteiger partial charge is 0.408 e. The summed E-state index contributed by atoms with van der Waals surface area (Å²) in [5.41, 5.74) is 3.15. The summed E-state index contributed by atoms with van der Waals surface area (Å²) in [5, 5.41) is 13.0. The van der Waals surface area contributed by atoms with Gasteiger partial charge < -0.3 is 20.1 Å². The minimum atomic E-state index is -1.30. The molecule has 42 heavy (non-hydrogen) atoms. The van der Waals surface area contributed by atoms with Crippen LogP contribution < -0.4 is 5.32 Å². The van der Waals surface area contributed by atoms with Crippen LogP contribution in [0.25, 0.3) is 11.1 Å². The van der Waals surface area contributed by atoms with Gasteiger partial charge in [-0.25, -0.2) is 9.59 Å². The molecule has 0 aromatic heterocycles. The van der Waals surface area contributed by atoms with E-state index in [4.69, 9.17) is 4.74 Å². The Labute approximate surface area is 246 Å². The molecule has 0 radical (unpaired) electrons. The molecule has 3 aromatic rings. The quantitative estimate of drug-likeness (QED) is 0.416. The molecule has 2 heterocycles. The highest BCUT2D eigenvalue weighted by molar-refractivity contribution is 5.95. The van der Waals surface area contributed by atoms with Crippen LogP contribution >= 0.6 is 0 Å². The lowest BCUT2D eigenvalue weighted by atomic mass is 9.84. The monoisotopic (exact) mass is 567 g/mol. The molecule has 2 aliphatic heterocycles. The molecule has 2 saturated heterocycles. The second-order valence-electron chi connectivity index (χ2n) is 11.9. The van der Waals surface area contributed by atoms with Gasteiger partial charge in [0.05, 0.1) is 0 Å². The van der Waals surface area contributed by atoms with Crippen LogP contribution in [0.3, 0.4) is 0 Å². The van der Waals surface area contributed by atoms with Gasteiger partial charge in [-0.2, -0.15) is 0 Å². The van der Waals surface area contributed by atoms with Gasteiger partial charge in [0.1, 0.15) is 17.7 Å². The van der Waals surface area contributed by atoms with Gasteiger partial charge in [-0.3, -0.25) is 9.69 Å². The number of fused-ring (bicyclic) bond motifs is 3. The van der Waals surface area contributed by atoms with Gasteiger partial charge in [0.25, 0.3) is 0 Å². The number of nitrogens with one attached hydrogen (secondary N) is 1. The summed E-state index contributed by atoms with van der Waals surface area (Å²) >= 11 is 0. The number of piperidine rings is 1. The van der Waals surface area contributed by atoms with Gasteiger partial charge in [0.2, 0.25) is 5.91 Å². The van der Waals surface area contributed by atoms with E-state index in [0.29, 0.717) is 45.3 Å². The summed E-state index contributed by atoms with van der Waals surface area (Å²) in [5.74, 6) is -1.46. The third kappa shape index (κ3) is 5.04. The molecular weight excluding hydrogens is 530 g/mol. The van der Waals surface area contributed by atoms with Crippen molar-refractivity contribution in [3.63, 3.8) is 0 Å². The number of hydrogen-bond donors (Lipinski definition) is 2. The molecule has 1 aliphatic carbocycles. The standard InChI is InChI=1S/C34H37N3O5/c1-33(31(39)40)16-9-19-37(33)30(38)34(17-20-36(21-18-34)22-24-10-3-2-4-11-24)35-32(41)42-23-29-27-14-7-5-12-25(27)26-13-6-8-15-28(26)29/h2-8,10-15,29H,9,16-23H2,1H3,(H,35,41)(H,39,40). The number of benzene rings is 3. The van der Waals surface area contributed by atoms with Gasteiger partial charge in [0.15, 0.2) is 0 Å². The number of carboxylic acid groups (broad SMARTS) is 1. The first-order chi connectivity index (χ1) is 20.3. The number of ether oxygens (including phenoxy) is 1. The Balaban J connectivity index is 1.20. The molecule has 0 saturated carbocycles. The second-order valence-corrected chi connectivity index (χ2v) is 11.9. The number of alkyl carbamates (subject to hydrolysis) is 1. The number of hydrogen-bond acceptors (Lipinski definition) is 5. The number of carbonyl (C=O) groups excluding carboxylic acids is 2. The molecule has 1 unspecified atom stereocenters. The molecule has 1 atom stereocenters. The van der Waals surface area contributed by atoms with Crippen molar-refractivity contribution in [2.24, 2.45) is 0 Å². The first-order valence-corrected chi connectivity index (χ1v) is 14.8. The first kappa shape index (κ1) is 28.0. The predicted molar refractivity (Wildman–Crippen MR) is 159 cm³/mol. The highest BCUT2D eigenvalue weighted by Gasteiger charge is 2.53. The van der Waals surface area contributed by atoms with E-state index in [1.807, 2.05) is 42.5 Å². The van der Waals surface area contributed by atoms with Gasteiger partial charge in [0, 0.05) is 32.1 Å². The van der Waals surface area contributed by atoms with Crippen molar-refractivity contribution in [3.05, 3.63) is 95.6 Å². The van der Waals surface area contributed by atoms with Gasteiger partial charge >= 0.3 is 12.1 Å². The molecule has 2 fully saturated rings. The van der Waals surface area contributed by atoms with E-state index < -0.39 is 23.1 Å². The van der Waals surface area contributed by atoms with E-state index >= 15 is 0 Å². The summed E-state index contributed by atoms with van der Waals surface area (Å²) in [7, 11) is 0. The van der Waals surface area contributed by atoms with E-state index in [-0.39, 0.29) is 18.4 Å². The van der Waals surface area contributed by atoms with Gasteiger partial charge in [-0.05, 0) is 60.4 Å². The predicted octanol–water partition coefficient (Wildman–Crippen LogP) is 5.03. The number of aliphatic carboxylic acids is 1. The second kappa shape index (κ2) is 11.2. The van der Waals surface area contributed by atoms with Gasteiger partial charge in [-0.1, -0.05) is 78.9 Å². The third-order valence-corrected chi connectivity index (χ3v) is 9.40. The van der Waals surface area contributed by atoms with E-state index in [0.717, 1.165) is 28.8 Å². The van der Waals surface area contributed by atoms with Gasteiger partial charge in [-0.15, -0.1) is 0 Å². The third-order valence-electron chi connectivity index (χ3n) is 9.40. The fourth-order valence-electron chi connectivity index (χ4n) is 6.93. The number of carboxylic acids is 1. The van der Waals surface area contributed by atoms with Crippen molar-refractivity contribution < 1.29 is 24.2 Å². The fourth-order valence-corrected chi connectivity index (χ4v) is 6.93. The van der Waals surface area contributed by atoms with Crippen LogP contribution in [0.1, 0.15) is 55.2 Å². The zero-order valence-corrected chi connectivity index (χ0v) is 23.9. The molecule has 2 N–H and O–H groups in total. The van der Waals surface area contributed by atoms with Crippen LogP contribution in [0.4, 0.5) is 4.79 Å². The van der Waals surface area contributed by atoms with Crippen molar-refractivity contribution in [2.45, 2.75) is 56.1 Å². The van der Waals surface area contributed by atoms with Crippen LogP contribution in [0.15, 0.2) is 78.9 Å². The molecule has 3 aliphatic rings. The minimum absolute atomic E-state index is 0.101. The summed E-state index contributed by atoms with van der Waals surface area (Å²) in [6.45, 7) is 4.01. The van der Waals surface area contributed by atoms with Crippen molar-refractivity contribution in [1.29, 1.82) is 0 Å². The van der Waals surface area contributed by atoms with E-state index in [1.54, 1.807) is 6.92 Å². The Morgan fingerprint density at radius 2 is 1.45 bits per heavy atom. The Morgan fingerprint density at radius 3 is 2.07 bits per heavy atom. The number of carbonyl (C=O) groups is 3. The number of rotatable bonds is 7. The minimum Gasteiger partial charge on any atom is -0.480 e. The molecule has 2 amide bonds. The summed E-state index contributed by atoms with van der Waals surface area (Å²) in [6.07, 6.45) is 1.08. The number of amides is 2. The largest absolute Gasteiger partial charge is 0.480 e. The maximum Gasteiger partial charge on any atom is 0.408 e. The molecule has 0 spiro atoms. The Bertz CT molecular complexity index is 1440. The molecule has 0 bridgehead atoms. The lowest BCUT2D eigenvalue weighted by molar-refractivity contribution is -0.159. The lowest BCUT2D eigenvalue weighted by Crippen LogP contribution is -2.66. The topological polar surface area (TPSA) is 99.2 Å². The van der Waals surface area contributed by atoms with Crippen LogP contribution in [0.2, 0.25) is 0 Å². The first-order valence-electron chi connectivity index (χ1n) is 14.8. The number of nitrogens with zero attached hydrogens (tertiary/aromatic N) is 2. The maximum atomic E-state index is 14.2. The maximum absolute atomic E-state index is 14.2. The lowest BCUT2D eigenvalue weighted by Gasteiger charge is -2.45. The summed E-state index contributed by atoms with van der Waals surface area (Å²) in [6, 6.07) is 26.4. The average Bonchev–Trinajstić information content (AvgIpc) is 3.56. The molecule has 8 heteroatoms. The Kier molecular flexibility index (Phi) is 7.49. The van der Waals surface area contributed by atoms with E-state index in [1.165, 1.54) is 10.5 Å². The molecule has 8 nitrogen and oxygen atoms in total. The Morgan fingerprint density at radius 1 is 0.857 bits per heavy atom. The van der Waals surface area contributed by atoms with Crippen molar-refractivity contribution in [1.82, 2.24) is 15.1 Å². The average molecular weight is 568 g/mol. The highest BCUT2D eigenvalue weighted by atomic mass is 16.5. The molecular formula is C34H37N3O5. The van der Waals surface area contributed by atoms with E-state index in [2.05, 4.69) is 46.6 Å². The Hall–Kier alpha value is -4.17. The van der Waals surface area contributed by atoms with Crippen molar-refractivity contribution >= 4 is 18.0 Å². The molecule has 3 aromatic carbocycles. The zero-order valence-electron chi connectivity index (χ0n) is 23.9. The highest BCUT2D eigenvalue weighted by Crippen LogP contribution is 2.44. The van der Waals surface area contributed by atoms with Crippen LogP contribution in [0, 0.1) is 0 Å². The van der Waals surface area contributed by atoms with E-state index in [9.17, 15) is 19.5 Å². The summed E-state index contributed by atoms with van der Waals surface area (Å²) < 4.78 is 5.85. The van der Waals surface area contributed by atoms with Crippen LogP contribution in [0.5, 0.6) is 0 Å². The molecule has 6 rings (SSSR count). The SMILES string of the molecule is CC1(C(=O)O)CCCN1C(=O)C1(NC(=O)OCC2c3ccccc3-c3ccccc32)CCN(Cc2ccccc2)CC1. The zero-order chi connectivity index (χ0) is 29.3. The summed E-state index contributed by atoms with van der Waals surface area (Å²) in [4.78, 5) is 43.6.